The number of nitrogens with one attached hydrogen (secondary N) is 1. The van der Waals surface area contributed by atoms with Crippen LogP contribution in [0.15, 0.2) is 48.5 Å². The third kappa shape index (κ3) is 4.80. The summed E-state index contributed by atoms with van der Waals surface area (Å²) in [5.41, 5.74) is 2.81. The molecule has 4 rings (SSSR count). The SMILES string of the molecule is COc1ccc(CNC(=O)[C@@H](C#N)c2nc3ccccc3nc2N2CCCCCC2)cc1. The fourth-order valence-electron chi connectivity index (χ4n) is 3.99. The molecule has 1 aromatic heterocycles. The first-order chi connectivity index (χ1) is 15.7. The van der Waals surface area contributed by atoms with Crippen molar-refractivity contribution < 1.29 is 9.53 Å². The summed E-state index contributed by atoms with van der Waals surface area (Å²) < 4.78 is 5.17. The number of hydrogen-bond acceptors (Lipinski definition) is 6. The molecule has 0 unspecified atom stereocenters. The summed E-state index contributed by atoms with van der Waals surface area (Å²) in [6, 6.07) is 17.2. The molecule has 1 atom stereocenters. The molecule has 0 spiro atoms. The molecule has 1 fully saturated rings. The molecular formula is C25H27N5O2. The zero-order chi connectivity index (χ0) is 22.3. The Morgan fingerprint density at radius 1 is 1.06 bits per heavy atom. The Bertz CT molecular complexity index is 1120. The topological polar surface area (TPSA) is 91.1 Å². The Hall–Kier alpha value is -3.66. The maximum Gasteiger partial charge on any atom is 0.243 e. The van der Waals surface area contributed by atoms with Crippen molar-refractivity contribution in [3.63, 3.8) is 0 Å². The zero-order valence-electron chi connectivity index (χ0n) is 18.3. The van der Waals surface area contributed by atoms with Crippen LogP contribution in [0.4, 0.5) is 5.82 Å². The third-order valence-electron chi connectivity index (χ3n) is 5.77. The van der Waals surface area contributed by atoms with E-state index in [1.165, 1.54) is 12.8 Å². The Balaban J connectivity index is 1.62. The number of carbonyl (C=O) groups is 1. The van der Waals surface area contributed by atoms with Gasteiger partial charge in [-0.25, -0.2) is 9.97 Å². The van der Waals surface area contributed by atoms with E-state index in [2.05, 4.69) is 16.3 Å². The lowest BCUT2D eigenvalue weighted by Gasteiger charge is -2.25. The van der Waals surface area contributed by atoms with Crippen LogP contribution in [0.3, 0.4) is 0 Å². The second-order valence-electron chi connectivity index (χ2n) is 7.95. The maximum absolute atomic E-state index is 13.1. The molecule has 0 saturated carbocycles. The van der Waals surface area contributed by atoms with E-state index >= 15 is 0 Å². The van der Waals surface area contributed by atoms with Crippen LogP contribution < -0.4 is 15.0 Å². The number of carbonyl (C=O) groups excluding carboxylic acids is 1. The van der Waals surface area contributed by atoms with Gasteiger partial charge >= 0.3 is 0 Å². The Labute approximate surface area is 188 Å². The summed E-state index contributed by atoms with van der Waals surface area (Å²) in [6.07, 6.45) is 4.48. The van der Waals surface area contributed by atoms with Crippen LogP contribution in [0.25, 0.3) is 11.0 Å². The minimum Gasteiger partial charge on any atom is -0.497 e. The van der Waals surface area contributed by atoms with Gasteiger partial charge in [0.15, 0.2) is 11.7 Å². The third-order valence-corrected chi connectivity index (χ3v) is 5.77. The number of rotatable bonds is 6. The predicted octanol–water partition coefficient (Wildman–Crippen LogP) is 3.94. The van der Waals surface area contributed by atoms with Gasteiger partial charge in [0.1, 0.15) is 11.4 Å². The van der Waals surface area contributed by atoms with Crippen LogP contribution in [0.5, 0.6) is 5.75 Å². The normalized spacial score (nSPS) is 14.9. The van der Waals surface area contributed by atoms with Gasteiger partial charge in [0.05, 0.1) is 24.2 Å². The Kier molecular flexibility index (Phi) is 6.81. The zero-order valence-corrected chi connectivity index (χ0v) is 18.3. The van der Waals surface area contributed by atoms with E-state index < -0.39 is 5.92 Å². The van der Waals surface area contributed by atoms with Gasteiger partial charge in [0.25, 0.3) is 0 Å². The molecule has 0 bridgehead atoms. The quantitative estimate of drug-likeness (QED) is 0.638. The Morgan fingerprint density at radius 3 is 2.34 bits per heavy atom. The van der Waals surface area contributed by atoms with Gasteiger partial charge in [0, 0.05) is 19.6 Å². The minimum atomic E-state index is -1.04. The summed E-state index contributed by atoms with van der Waals surface area (Å²) in [4.78, 5) is 24.8. The van der Waals surface area contributed by atoms with E-state index in [0.717, 1.165) is 42.8 Å². The first-order valence-corrected chi connectivity index (χ1v) is 11.0. The van der Waals surface area contributed by atoms with Crippen molar-refractivity contribution >= 4 is 22.8 Å². The lowest BCUT2D eigenvalue weighted by Crippen LogP contribution is -2.32. The number of nitrogens with zero attached hydrogens (tertiary/aromatic N) is 4. The van der Waals surface area contributed by atoms with Crippen molar-refractivity contribution in [2.75, 3.05) is 25.1 Å². The van der Waals surface area contributed by atoms with Crippen LogP contribution in [-0.4, -0.2) is 36.1 Å². The fraction of sp³-hybridized carbons (Fsp3) is 0.360. The van der Waals surface area contributed by atoms with Gasteiger partial charge < -0.3 is 15.0 Å². The summed E-state index contributed by atoms with van der Waals surface area (Å²) in [6.45, 7) is 2.03. The molecule has 7 nitrogen and oxygen atoms in total. The van der Waals surface area contributed by atoms with Crippen molar-refractivity contribution in [1.82, 2.24) is 15.3 Å². The van der Waals surface area contributed by atoms with Crippen LogP contribution in [-0.2, 0) is 11.3 Å². The number of nitriles is 1. The van der Waals surface area contributed by atoms with Crippen molar-refractivity contribution in [2.24, 2.45) is 0 Å². The van der Waals surface area contributed by atoms with Gasteiger partial charge in [-0.1, -0.05) is 37.1 Å². The highest BCUT2D eigenvalue weighted by atomic mass is 16.5. The fourth-order valence-corrected chi connectivity index (χ4v) is 3.99. The molecular weight excluding hydrogens is 402 g/mol. The summed E-state index contributed by atoms with van der Waals surface area (Å²) >= 11 is 0. The van der Waals surface area contributed by atoms with Gasteiger partial charge in [0.2, 0.25) is 5.91 Å². The van der Waals surface area contributed by atoms with Crippen molar-refractivity contribution in [1.29, 1.82) is 5.26 Å². The lowest BCUT2D eigenvalue weighted by molar-refractivity contribution is -0.121. The van der Waals surface area contributed by atoms with Crippen molar-refractivity contribution in [3.8, 4) is 11.8 Å². The molecule has 164 valence electrons. The van der Waals surface area contributed by atoms with Crippen LogP contribution >= 0.6 is 0 Å². The second kappa shape index (κ2) is 10.1. The Morgan fingerprint density at radius 2 is 1.72 bits per heavy atom. The van der Waals surface area contributed by atoms with E-state index in [-0.39, 0.29) is 5.91 Å². The van der Waals surface area contributed by atoms with Gasteiger partial charge in [-0.3, -0.25) is 4.79 Å². The number of benzene rings is 2. The van der Waals surface area contributed by atoms with E-state index in [4.69, 9.17) is 14.7 Å². The number of ether oxygens (including phenoxy) is 1. The highest BCUT2D eigenvalue weighted by Crippen LogP contribution is 2.29. The number of anilines is 1. The summed E-state index contributed by atoms with van der Waals surface area (Å²) in [5, 5.41) is 12.8. The lowest BCUT2D eigenvalue weighted by atomic mass is 10.0. The number of methoxy groups -OCH3 is 1. The minimum absolute atomic E-state index is 0.321. The number of hydrogen-bond donors (Lipinski definition) is 1. The predicted molar refractivity (Wildman–Crippen MR) is 123 cm³/mol. The van der Waals surface area contributed by atoms with Crippen molar-refractivity contribution in [3.05, 3.63) is 59.8 Å². The molecule has 0 aliphatic carbocycles. The molecule has 3 aromatic rings. The smallest absolute Gasteiger partial charge is 0.243 e. The average molecular weight is 430 g/mol. The van der Waals surface area contributed by atoms with Crippen molar-refractivity contribution in [2.45, 2.75) is 38.1 Å². The van der Waals surface area contributed by atoms with Gasteiger partial charge in [-0.05, 0) is 42.7 Å². The molecule has 2 heterocycles. The summed E-state index contributed by atoms with van der Waals surface area (Å²) in [5.74, 6) is -0.00664. The molecule has 2 aromatic carbocycles. The molecule has 7 heteroatoms. The van der Waals surface area contributed by atoms with Crippen LogP contribution in [0.1, 0.15) is 42.9 Å². The molecule has 32 heavy (non-hydrogen) atoms. The largest absolute Gasteiger partial charge is 0.497 e. The van der Waals surface area contributed by atoms with E-state index in [1.54, 1.807) is 7.11 Å². The molecule has 1 aliphatic rings. The highest BCUT2D eigenvalue weighted by Gasteiger charge is 2.29. The number of aromatic nitrogens is 2. The highest BCUT2D eigenvalue weighted by molar-refractivity contribution is 5.88. The van der Waals surface area contributed by atoms with E-state index in [1.807, 2.05) is 48.5 Å². The molecule has 1 amide bonds. The molecule has 1 N–H and O–H groups in total. The summed E-state index contributed by atoms with van der Waals surface area (Å²) in [7, 11) is 1.61. The monoisotopic (exact) mass is 429 g/mol. The van der Waals surface area contributed by atoms with E-state index in [9.17, 15) is 10.1 Å². The standard InChI is InChI=1S/C25H27N5O2/c1-32-19-12-10-18(11-13-19)17-27-25(31)20(16-26)23-24(30-14-6-2-3-7-15-30)29-22-9-5-4-8-21(22)28-23/h4-5,8-13,20H,2-3,6-7,14-15,17H2,1H3,(H,27,31)/t20-/m0/s1. The molecule has 1 saturated heterocycles. The number of para-hydroxylation sites is 2. The van der Waals surface area contributed by atoms with Crippen LogP contribution in [0.2, 0.25) is 0 Å². The maximum atomic E-state index is 13.1. The van der Waals surface area contributed by atoms with Gasteiger partial charge in [-0.2, -0.15) is 5.26 Å². The van der Waals surface area contributed by atoms with Crippen LogP contribution in [0, 0.1) is 11.3 Å². The second-order valence-corrected chi connectivity index (χ2v) is 7.95. The first kappa shape index (κ1) is 21.6. The van der Waals surface area contributed by atoms with E-state index in [0.29, 0.717) is 23.6 Å². The number of fused-ring (bicyclic) bond motifs is 1. The first-order valence-electron chi connectivity index (χ1n) is 11.0. The number of amides is 1. The molecule has 1 aliphatic heterocycles. The van der Waals surface area contributed by atoms with Gasteiger partial charge in [-0.15, -0.1) is 0 Å². The molecule has 0 radical (unpaired) electrons. The average Bonchev–Trinajstić information content (AvgIpc) is 3.12.